The van der Waals surface area contributed by atoms with Gasteiger partial charge in [-0.2, -0.15) is 0 Å². The number of rotatable bonds is 7. The second-order valence-electron chi connectivity index (χ2n) is 5.60. The van der Waals surface area contributed by atoms with Crippen LogP contribution in [0.4, 0.5) is 0 Å². The van der Waals surface area contributed by atoms with E-state index >= 15 is 0 Å². The van der Waals surface area contributed by atoms with Gasteiger partial charge in [0, 0.05) is 23.7 Å². The third-order valence-corrected chi connectivity index (χ3v) is 4.15. The van der Waals surface area contributed by atoms with Crippen LogP contribution in [0.2, 0.25) is 5.02 Å². The van der Waals surface area contributed by atoms with E-state index in [1.54, 1.807) is 0 Å². The predicted molar refractivity (Wildman–Crippen MR) is 109 cm³/mol. The molecule has 0 heterocycles. The smallest absolute Gasteiger partial charge is 0.124 e. The van der Waals surface area contributed by atoms with Crippen LogP contribution >= 0.6 is 24.0 Å². The minimum atomic E-state index is 0. The van der Waals surface area contributed by atoms with Gasteiger partial charge in [-0.1, -0.05) is 60.1 Å². The van der Waals surface area contributed by atoms with Crippen LogP contribution in [0.25, 0.3) is 10.8 Å². The molecule has 0 atom stereocenters. The minimum absolute atomic E-state index is 0. The summed E-state index contributed by atoms with van der Waals surface area (Å²) in [6.45, 7) is 5.78. The lowest BCUT2D eigenvalue weighted by molar-refractivity contribution is 0.303. The van der Waals surface area contributed by atoms with Gasteiger partial charge in [0.2, 0.25) is 0 Å². The lowest BCUT2D eigenvalue weighted by Gasteiger charge is -2.15. The maximum Gasteiger partial charge on any atom is 0.124 e. The number of hydrogen-bond donors (Lipinski definition) is 1. The van der Waals surface area contributed by atoms with Gasteiger partial charge in [0.05, 0.1) is 0 Å². The van der Waals surface area contributed by atoms with Crippen molar-refractivity contribution in [2.45, 2.75) is 13.2 Å². The summed E-state index contributed by atoms with van der Waals surface area (Å²) in [7, 11) is 0. The van der Waals surface area contributed by atoms with Crippen LogP contribution in [0.1, 0.15) is 11.1 Å². The quantitative estimate of drug-likeness (QED) is 0.419. The van der Waals surface area contributed by atoms with Gasteiger partial charge in [-0.3, -0.25) is 0 Å². The van der Waals surface area contributed by atoms with Crippen molar-refractivity contribution in [2.24, 2.45) is 0 Å². The largest absolute Gasteiger partial charge is 0.489 e. The molecular formula is C21H21Cl2NO. The molecule has 3 rings (SSSR count). The van der Waals surface area contributed by atoms with Crippen LogP contribution in [-0.4, -0.2) is 6.54 Å². The third-order valence-electron chi connectivity index (χ3n) is 3.90. The second-order valence-corrected chi connectivity index (χ2v) is 6.03. The number of halogens is 2. The minimum Gasteiger partial charge on any atom is -0.489 e. The van der Waals surface area contributed by atoms with Gasteiger partial charge in [0.1, 0.15) is 12.4 Å². The molecule has 0 aliphatic heterocycles. The Labute approximate surface area is 159 Å². The van der Waals surface area contributed by atoms with Crippen molar-refractivity contribution in [3.63, 3.8) is 0 Å². The normalized spacial score (nSPS) is 10.3. The van der Waals surface area contributed by atoms with Crippen molar-refractivity contribution in [3.8, 4) is 5.75 Å². The molecule has 4 heteroatoms. The predicted octanol–water partition coefficient (Wildman–Crippen LogP) is 5.77. The first-order valence-corrected chi connectivity index (χ1v) is 8.35. The summed E-state index contributed by atoms with van der Waals surface area (Å²) in [5.41, 5.74) is 2.27. The molecule has 0 spiro atoms. The van der Waals surface area contributed by atoms with E-state index in [1.165, 1.54) is 16.3 Å². The molecule has 130 valence electrons. The summed E-state index contributed by atoms with van der Waals surface area (Å²) in [6.07, 6.45) is 1.86. The van der Waals surface area contributed by atoms with Gasteiger partial charge >= 0.3 is 0 Å². The highest BCUT2D eigenvalue weighted by Gasteiger charge is 2.09. The maximum absolute atomic E-state index is 6.09. The van der Waals surface area contributed by atoms with Gasteiger partial charge in [-0.15, -0.1) is 19.0 Å². The first kappa shape index (κ1) is 19.3. The fraction of sp³-hybridized carbons (Fsp3) is 0.143. The zero-order valence-electron chi connectivity index (χ0n) is 13.9. The summed E-state index contributed by atoms with van der Waals surface area (Å²) in [6, 6.07) is 20.2. The Morgan fingerprint density at radius 1 is 1.00 bits per heavy atom. The lowest BCUT2D eigenvalue weighted by Crippen LogP contribution is -2.14. The summed E-state index contributed by atoms with van der Waals surface area (Å²) >= 11 is 5.93. The molecule has 0 bridgehead atoms. The Kier molecular flexibility index (Phi) is 7.32. The molecular weight excluding hydrogens is 353 g/mol. The monoisotopic (exact) mass is 373 g/mol. The number of fused-ring (bicyclic) bond motifs is 1. The third kappa shape index (κ3) is 4.99. The van der Waals surface area contributed by atoms with Crippen molar-refractivity contribution in [3.05, 3.63) is 89.5 Å². The first-order valence-electron chi connectivity index (χ1n) is 7.97. The summed E-state index contributed by atoms with van der Waals surface area (Å²) in [5.74, 6) is 0.903. The van der Waals surface area contributed by atoms with Gasteiger partial charge in [0.15, 0.2) is 0 Å². The van der Waals surface area contributed by atoms with E-state index in [0.29, 0.717) is 6.61 Å². The molecule has 3 aromatic rings. The molecule has 0 aromatic heterocycles. The highest BCUT2D eigenvalue weighted by molar-refractivity contribution is 6.30. The van der Waals surface area contributed by atoms with Crippen LogP contribution in [0.3, 0.4) is 0 Å². The fourth-order valence-corrected chi connectivity index (χ4v) is 2.80. The number of hydrogen-bond acceptors (Lipinski definition) is 2. The van der Waals surface area contributed by atoms with Crippen molar-refractivity contribution < 1.29 is 4.74 Å². The van der Waals surface area contributed by atoms with E-state index in [0.717, 1.165) is 29.4 Å². The van der Waals surface area contributed by atoms with Crippen molar-refractivity contribution in [1.29, 1.82) is 0 Å². The molecule has 0 saturated carbocycles. The first-order chi connectivity index (χ1) is 11.8. The van der Waals surface area contributed by atoms with E-state index in [4.69, 9.17) is 16.3 Å². The van der Waals surface area contributed by atoms with Crippen molar-refractivity contribution >= 4 is 34.8 Å². The number of ether oxygens (including phenoxy) is 1. The van der Waals surface area contributed by atoms with E-state index in [1.807, 2.05) is 36.4 Å². The number of benzene rings is 3. The van der Waals surface area contributed by atoms with Crippen molar-refractivity contribution in [2.75, 3.05) is 6.54 Å². The van der Waals surface area contributed by atoms with Crippen molar-refractivity contribution in [1.82, 2.24) is 5.32 Å². The lowest BCUT2D eigenvalue weighted by atomic mass is 10.0. The molecule has 0 aliphatic rings. The Hall–Kier alpha value is -2.00. The zero-order chi connectivity index (χ0) is 16.8. The van der Waals surface area contributed by atoms with E-state index < -0.39 is 0 Å². The zero-order valence-corrected chi connectivity index (χ0v) is 15.4. The molecule has 0 amide bonds. The second kappa shape index (κ2) is 9.47. The van der Waals surface area contributed by atoms with E-state index in [2.05, 4.69) is 42.2 Å². The molecule has 0 radical (unpaired) electrons. The van der Waals surface area contributed by atoms with Crippen LogP contribution in [0.5, 0.6) is 5.75 Å². The fourth-order valence-electron chi connectivity index (χ4n) is 2.67. The molecule has 2 nitrogen and oxygen atoms in total. The number of nitrogens with one attached hydrogen (secondary N) is 1. The molecule has 25 heavy (non-hydrogen) atoms. The standard InChI is InChI=1S/C21H20ClNO.ClH/c1-2-13-23-14-20-19-6-4-3-5-17(19)9-12-21(20)24-15-16-7-10-18(22)11-8-16;/h2-12,23H,1,13-15H2;1H. The summed E-state index contributed by atoms with van der Waals surface area (Å²) in [4.78, 5) is 0. The van der Waals surface area contributed by atoms with Crippen LogP contribution in [0, 0.1) is 0 Å². The highest BCUT2D eigenvalue weighted by atomic mass is 35.5. The Morgan fingerprint density at radius 2 is 1.76 bits per heavy atom. The average Bonchev–Trinajstić information content (AvgIpc) is 2.62. The molecule has 0 fully saturated rings. The van der Waals surface area contributed by atoms with Crippen LogP contribution in [-0.2, 0) is 13.2 Å². The van der Waals surface area contributed by atoms with E-state index in [-0.39, 0.29) is 12.4 Å². The van der Waals surface area contributed by atoms with Gasteiger partial charge < -0.3 is 10.1 Å². The molecule has 0 unspecified atom stereocenters. The van der Waals surface area contributed by atoms with Gasteiger partial charge in [-0.05, 0) is 34.5 Å². The summed E-state index contributed by atoms with van der Waals surface area (Å²) in [5, 5.41) is 6.53. The molecule has 0 aliphatic carbocycles. The Morgan fingerprint density at radius 3 is 2.52 bits per heavy atom. The summed E-state index contributed by atoms with van der Waals surface area (Å²) < 4.78 is 6.09. The molecule has 3 aromatic carbocycles. The molecule has 0 saturated heterocycles. The Bertz CT molecular complexity index is 831. The highest BCUT2D eigenvalue weighted by Crippen LogP contribution is 2.28. The maximum atomic E-state index is 6.09. The molecule has 1 N–H and O–H groups in total. The van der Waals surface area contributed by atoms with Crippen LogP contribution < -0.4 is 10.1 Å². The average molecular weight is 374 g/mol. The SMILES string of the molecule is C=CCNCc1c(OCc2ccc(Cl)cc2)ccc2ccccc12.Cl. The topological polar surface area (TPSA) is 21.3 Å². The Balaban J connectivity index is 0.00000225. The van der Waals surface area contributed by atoms with Gasteiger partial charge in [-0.25, -0.2) is 0 Å². The van der Waals surface area contributed by atoms with Gasteiger partial charge in [0.25, 0.3) is 0 Å². The van der Waals surface area contributed by atoms with Crippen LogP contribution in [0.15, 0.2) is 73.3 Å². The van der Waals surface area contributed by atoms with E-state index in [9.17, 15) is 0 Å².